The van der Waals surface area contributed by atoms with Crippen molar-refractivity contribution in [1.82, 2.24) is 24.9 Å². The van der Waals surface area contributed by atoms with Crippen LogP contribution in [0.4, 0.5) is 16.3 Å². The van der Waals surface area contributed by atoms with Crippen molar-refractivity contribution in [1.29, 1.82) is 5.26 Å². The van der Waals surface area contributed by atoms with E-state index in [4.69, 9.17) is 29.7 Å². The lowest BCUT2D eigenvalue weighted by molar-refractivity contribution is 0.0763. The number of hydrogen-bond acceptors (Lipinski definition) is 12. The number of carbonyl (C=O) groups is 1. The minimum Gasteiger partial charge on any atom is -0.473 e. The number of fused-ring (bicyclic) bond motifs is 5. The molecule has 5 aliphatic rings. The number of likely N-dealkylation sites (N-methyl/N-ethyl adjacent to an activating group) is 1. The highest BCUT2D eigenvalue weighted by molar-refractivity contribution is 5.72. The fraction of sp³-hybridized carbons (Fsp3) is 0.559. The summed E-state index contributed by atoms with van der Waals surface area (Å²) >= 11 is 0. The number of aliphatic hydroxyl groups excluding tert-OH is 1. The Morgan fingerprint density at radius 3 is 2.87 bits per heavy atom. The van der Waals surface area contributed by atoms with Crippen LogP contribution in [0.15, 0.2) is 22.7 Å². The predicted molar refractivity (Wildman–Crippen MR) is 171 cm³/mol. The van der Waals surface area contributed by atoms with Crippen LogP contribution in [-0.2, 0) is 23.0 Å². The molecule has 1 amide bonds. The summed E-state index contributed by atoms with van der Waals surface area (Å²) in [4.78, 5) is 28.4. The summed E-state index contributed by atoms with van der Waals surface area (Å²) in [5, 5.41) is 25.1. The van der Waals surface area contributed by atoms with E-state index in [1.165, 1.54) is 0 Å². The van der Waals surface area contributed by atoms with Gasteiger partial charge in [0.2, 0.25) is 5.88 Å². The van der Waals surface area contributed by atoms with Crippen molar-refractivity contribution in [3.8, 4) is 23.5 Å². The second-order valence-corrected chi connectivity index (χ2v) is 13.9. The smallest absolute Gasteiger partial charge is 0.410 e. The maximum atomic E-state index is 12.4. The number of rotatable bonds is 6. The zero-order valence-corrected chi connectivity index (χ0v) is 26.9. The van der Waals surface area contributed by atoms with Gasteiger partial charge in [0.25, 0.3) is 0 Å². The second kappa shape index (κ2) is 11.1. The molecule has 1 aromatic carbocycles. The monoisotopic (exact) mass is 640 g/mol. The Kier molecular flexibility index (Phi) is 7.07. The van der Waals surface area contributed by atoms with Crippen LogP contribution in [0.25, 0.3) is 11.5 Å². The SMILES string of the molecule is CC(Oc1cc(N2CCN3C(=O)OCC3(CO)C2)nc(-c2noc3c2CCCC32CCc3ccc(N)c(C#N)c32)n1)C1CCCN1C. The third-order valence-corrected chi connectivity index (χ3v) is 11.3. The molecule has 3 fully saturated rings. The number of aryl methyl sites for hydroxylation is 1. The summed E-state index contributed by atoms with van der Waals surface area (Å²) in [6.45, 7) is 4.24. The lowest BCUT2D eigenvalue weighted by Gasteiger charge is -2.44. The number of nitrogen functional groups attached to an aromatic ring is 1. The third-order valence-electron chi connectivity index (χ3n) is 11.3. The maximum Gasteiger partial charge on any atom is 0.410 e. The Hall–Kier alpha value is -4.41. The van der Waals surface area contributed by atoms with Crippen molar-refractivity contribution in [2.75, 3.05) is 57.1 Å². The first kappa shape index (κ1) is 30.0. The normalized spacial score (nSPS) is 27.4. The van der Waals surface area contributed by atoms with Gasteiger partial charge in [-0.05, 0) is 82.7 Å². The van der Waals surface area contributed by atoms with Gasteiger partial charge in [-0.1, -0.05) is 11.2 Å². The number of likely N-dealkylation sites (tertiary alicyclic amines) is 1. The number of benzene rings is 1. The lowest BCUT2D eigenvalue weighted by Crippen LogP contribution is -2.63. The van der Waals surface area contributed by atoms with Crippen molar-refractivity contribution in [3.63, 3.8) is 0 Å². The van der Waals surface area contributed by atoms with Crippen molar-refractivity contribution in [2.24, 2.45) is 0 Å². The standard InChI is InChI=1S/C34H40N8O5/c1-20(25-6-4-12-40(25)2)46-27-15-26(41-13-14-42-32(44)45-19-33(42,17-41)18-43)37-31(38-27)29-22-5-3-10-34(30(22)47-39-29)11-9-21-7-8-24(36)23(16-35)28(21)34/h7-8,15,20,25,43H,3-6,9-14,17-19,36H2,1-2H3. The number of anilines is 2. The van der Waals surface area contributed by atoms with E-state index in [1.807, 2.05) is 18.2 Å². The quantitative estimate of drug-likeness (QED) is 0.379. The fourth-order valence-electron chi connectivity index (χ4n) is 8.84. The van der Waals surface area contributed by atoms with Crippen LogP contribution in [0.5, 0.6) is 5.88 Å². The molecule has 2 aliphatic carbocycles. The largest absolute Gasteiger partial charge is 0.473 e. The molecule has 0 saturated carbocycles. The number of nitriles is 1. The van der Waals surface area contributed by atoms with E-state index in [-0.39, 0.29) is 25.4 Å². The van der Waals surface area contributed by atoms with Crippen molar-refractivity contribution in [2.45, 2.75) is 75.0 Å². The summed E-state index contributed by atoms with van der Waals surface area (Å²) < 4.78 is 18.1. The molecule has 1 spiro atoms. The molecule has 246 valence electrons. The first-order valence-electron chi connectivity index (χ1n) is 16.6. The Balaban J connectivity index is 1.21. The molecule has 0 bridgehead atoms. The summed E-state index contributed by atoms with van der Waals surface area (Å²) in [6.07, 6.45) is 5.79. The summed E-state index contributed by atoms with van der Waals surface area (Å²) in [5.41, 5.74) is 9.61. The Bertz CT molecular complexity index is 1790. The zero-order valence-electron chi connectivity index (χ0n) is 26.9. The van der Waals surface area contributed by atoms with Gasteiger partial charge in [-0.15, -0.1) is 0 Å². The van der Waals surface area contributed by atoms with Gasteiger partial charge < -0.3 is 29.7 Å². The number of ether oxygens (including phenoxy) is 2. The minimum absolute atomic E-state index is 0.112. The molecule has 13 heteroatoms. The van der Waals surface area contributed by atoms with E-state index in [9.17, 15) is 15.2 Å². The summed E-state index contributed by atoms with van der Waals surface area (Å²) in [5.74, 6) is 2.23. The van der Waals surface area contributed by atoms with E-state index in [1.54, 1.807) is 4.90 Å². The summed E-state index contributed by atoms with van der Waals surface area (Å²) in [6, 6.07) is 8.34. The van der Waals surface area contributed by atoms with E-state index in [2.05, 4.69) is 35.0 Å². The molecule has 0 radical (unpaired) electrons. The van der Waals surface area contributed by atoms with Crippen molar-refractivity contribution in [3.05, 3.63) is 46.2 Å². The molecule has 47 heavy (non-hydrogen) atoms. The highest BCUT2D eigenvalue weighted by atomic mass is 16.6. The van der Waals surface area contributed by atoms with E-state index in [0.717, 1.165) is 73.9 Å². The average Bonchev–Trinajstić information content (AvgIpc) is 3.87. The van der Waals surface area contributed by atoms with Gasteiger partial charge in [0.05, 0.1) is 17.6 Å². The van der Waals surface area contributed by atoms with E-state index >= 15 is 0 Å². The topological polar surface area (TPSA) is 167 Å². The van der Waals surface area contributed by atoms with Crippen LogP contribution in [0, 0.1) is 11.3 Å². The molecule has 3 saturated heterocycles. The van der Waals surface area contributed by atoms with E-state index < -0.39 is 17.0 Å². The average molecular weight is 641 g/mol. The number of aromatic nitrogens is 3. The number of nitrogens with two attached hydrogens (primary N) is 1. The minimum atomic E-state index is -0.850. The van der Waals surface area contributed by atoms with Gasteiger partial charge >= 0.3 is 6.09 Å². The van der Waals surface area contributed by atoms with Crippen LogP contribution in [0.3, 0.4) is 0 Å². The highest BCUT2D eigenvalue weighted by Gasteiger charge is 2.52. The molecule has 2 aromatic heterocycles. The molecular formula is C34H40N8O5. The van der Waals surface area contributed by atoms with Gasteiger partial charge in [0, 0.05) is 43.0 Å². The molecule has 3 aromatic rings. The third kappa shape index (κ3) is 4.56. The van der Waals surface area contributed by atoms with Gasteiger partial charge in [-0.3, -0.25) is 9.80 Å². The molecule has 8 rings (SSSR count). The second-order valence-electron chi connectivity index (χ2n) is 13.9. The van der Waals surface area contributed by atoms with Gasteiger partial charge in [0.1, 0.15) is 30.1 Å². The number of cyclic esters (lactones) is 1. The first-order valence-corrected chi connectivity index (χ1v) is 16.6. The van der Waals surface area contributed by atoms with Gasteiger partial charge in [-0.2, -0.15) is 10.2 Å². The Labute approximate surface area is 273 Å². The maximum absolute atomic E-state index is 12.4. The Morgan fingerprint density at radius 2 is 2.09 bits per heavy atom. The molecule has 4 atom stereocenters. The molecule has 3 N–H and O–H groups in total. The number of nitrogens with zero attached hydrogens (tertiary/aromatic N) is 7. The first-order chi connectivity index (χ1) is 22.8. The zero-order chi connectivity index (χ0) is 32.5. The predicted octanol–water partition coefficient (Wildman–Crippen LogP) is 3.02. The molecule has 3 aliphatic heterocycles. The highest BCUT2D eigenvalue weighted by Crippen LogP contribution is 2.54. The van der Waals surface area contributed by atoms with Crippen molar-refractivity contribution >= 4 is 17.6 Å². The lowest BCUT2D eigenvalue weighted by atomic mass is 9.68. The van der Waals surface area contributed by atoms with Crippen LogP contribution < -0.4 is 15.4 Å². The van der Waals surface area contributed by atoms with Crippen LogP contribution in [0.2, 0.25) is 0 Å². The molecule has 5 heterocycles. The number of aliphatic hydroxyl groups is 1. The van der Waals surface area contributed by atoms with Crippen LogP contribution in [-0.4, -0.2) is 100 Å². The van der Waals surface area contributed by atoms with Crippen LogP contribution >= 0.6 is 0 Å². The fourth-order valence-corrected chi connectivity index (χ4v) is 8.84. The van der Waals surface area contributed by atoms with E-state index in [0.29, 0.717) is 54.1 Å². The van der Waals surface area contributed by atoms with Crippen LogP contribution in [0.1, 0.15) is 67.0 Å². The number of piperazine rings is 1. The molecule has 13 nitrogen and oxygen atoms in total. The number of hydrogen-bond donors (Lipinski definition) is 2. The number of amides is 1. The van der Waals surface area contributed by atoms with Crippen molar-refractivity contribution < 1.29 is 23.9 Å². The van der Waals surface area contributed by atoms with Gasteiger partial charge in [-0.25, -0.2) is 9.78 Å². The summed E-state index contributed by atoms with van der Waals surface area (Å²) in [7, 11) is 2.12. The Morgan fingerprint density at radius 1 is 1.21 bits per heavy atom. The van der Waals surface area contributed by atoms with Gasteiger partial charge in [0.15, 0.2) is 17.3 Å². The number of carbonyl (C=O) groups excluding carboxylic acids is 1. The molecular weight excluding hydrogens is 600 g/mol. The molecule has 4 unspecified atom stereocenters.